The van der Waals surface area contributed by atoms with E-state index in [1.165, 1.54) is 5.56 Å². The van der Waals surface area contributed by atoms with E-state index in [1.807, 2.05) is 24.3 Å². The van der Waals surface area contributed by atoms with E-state index >= 15 is 0 Å². The molecule has 1 rings (SSSR count). The van der Waals surface area contributed by atoms with Gasteiger partial charge in [0.15, 0.2) is 0 Å². The first kappa shape index (κ1) is 13.8. The van der Waals surface area contributed by atoms with Crippen molar-refractivity contribution in [1.29, 1.82) is 0 Å². The van der Waals surface area contributed by atoms with Crippen molar-refractivity contribution in [3.8, 4) is 0 Å². The molecule has 1 unspecified atom stereocenters. The lowest BCUT2D eigenvalue weighted by Crippen LogP contribution is -2.33. The lowest BCUT2D eigenvalue weighted by atomic mass is 10.2. The van der Waals surface area contributed by atoms with Crippen molar-refractivity contribution in [3.05, 3.63) is 34.9 Å². The third-order valence-corrected chi connectivity index (χ3v) is 2.80. The predicted molar refractivity (Wildman–Crippen MR) is 69.3 cm³/mol. The molecule has 0 aliphatic rings. The second kappa shape index (κ2) is 7.91. The average Bonchev–Trinajstić information content (AvgIpc) is 2.29. The molecule has 90 valence electrons. The first-order chi connectivity index (χ1) is 7.76. The van der Waals surface area contributed by atoms with E-state index < -0.39 is 0 Å². The largest absolute Gasteiger partial charge is 0.383 e. The molecule has 1 N–H and O–H groups in total. The Morgan fingerprint density at radius 3 is 2.56 bits per heavy atom. The number of hydrogen-bond acceptors (Lipinski definition) is 2. The molecule has 16 heavy (non-hydrogen) atoms. The number of alkyl halides is 1. The molecule has 0 saturated heterocycles. The average molecular weight is 262 g/mol. The lowest BCUT2D eigenvalue weighted by molar-refractivity contribution is 0.164. The Labute approximate surface area is 107 Å². The van der Waals surface area contributed by atoms with Gasteiger partial charge in [-0.25, -0.2) is 0 Å². The minimum Gasteiger partial charge on any atom is -0.383 e. The third-order valence-electron chi connectivity index (χ3n) is 2.33. The van der Waals surface area contributed by atoms with Crippen LogP contribution in [-0.2, 0) is 11.3 Å². The smallest absolute Gasteiger partial charge is 0.0616 e. The van der Waals surface area contributed by atoms with Gasteiger partial charge in [-0.3, -0.25) is 0 Å². The zero-order valence-corrected chi connectivity index (χ0v) is 10.9. The van der Waals surface area contributed by atoms with Crippen molar-refractivity contribution in [2.45, 2.75) is 19.0 Å². The maximum absolute atomic E-state index is 5.82. The number of rotatable bonds is 7. The van der Waals surface area contributed by atoms with E-state index in [2.05, 4.69) is 5.32 Å². The molecule has 0 radical (unpaired) electrons. The molecule has 0 bridgehead atoms. The van der Waals surface area contributed by atoms with Crippen LogP contribution >= 0.6 is 23.2 Å². The summed E-state index contributed by atoms with van der Waals surface area (Å²) in [5, 5.41) is 4.17. The highest BCUT2D eigenvalue weighted by Gasteiger charge is 2.06. The molecule has 0 amide bonds. The standard InChI is InChI=1S/C12H17Cl2NO/c1-16-9-12(6-7-13)15-8-10-2-4-11(14)5-3-10/h2-5,12,15H,6-9H2,1H3. The molecule has 0 aliphatic heterocycles. The van der Waals surface area contributed by atoms with Crippen molar-refractivity contribution < 1.29 is 4.74 Å². The maximum atomic E-state index is 5.82. The van der Waals surface area contributed by atoms with E-state index in [4.69, 9.17) is 27.9 Å². The van der Waals surface area contributed by atoms with Crippen LogP contribution in [0.2, 0.25) is 5.02 Å². The van der Waals surface area contributed by atoms with Gasteiger partial charge in [0.05, 0.1) is 6.61 Å². The zero-order chi connectivity index (χ0) is 11.8. The Morgan fingerprint density at radius 2 is 2.00 bits per heavy atom. The van der Waals surface area contributed by atoms with Gasteiger partial charge < -0.3 is 10.1 Å². The van der Waals surface area contributed by atoms with Crippen LogP contribution in [0.25, 0.3) is 0 Å². The number of benzene rings is 1. The molecule has 0 spiro atoms. The first-order valence-electron chi connectivity index (χ1n) is 5.29. The van der Waals surface area contributed by atoms with E-state index in [1.54, 1.807) is 7.11 Å². The van der Waals surface area contributed by atoms with E-state index in [9.17, 15) is 0 Å². The highest BCUT2D eigenvalue weighted by Crippen LogP contribution is 2.09. The van der Waals surface area contributed by atoms with Crippen LogP contribution < -0.4 is 5.32 Å². The summed E-state index contributed by atoms with van der Waals surface area (Å²) in [6.45, 7) is 1.49. The van der Waals surface area contributed by atoms with E-state index in [0.29, 0.717) is 18.5 Å². The topological polar surface area (TPSA) is 21.3 Å². The second-order valence-electron chi connectivity index (χ2n) is 3.64. The van der Waals surface area contributed by atoms with Crippen LogP contribution in [0, 0.1) is 0 Å². The fraction of sp³-hybridized carbons (Fsp3) is 0.500. The first-order valence-corrected chi connectivity index (χ1v) is 6.20. The lowest BCUT2D eigenvalue weighted by Gasteiger charge is -2.16. The number of methoxy groups -OCH3 is 1. The Morgan fingerprint density at radius 1 is 1.31 bits per heavy atom. The van der Waals surface area contributed by atoms with Gasteiger partial charge in [-0.1, -0.05) is 23.7 Å². The zero-order valence-electron chi connectivity index (χ0n) is 9.38. The van der Waals surface area contributed by atoms with Crippen LogP contribution in [0.4, 0.5) is 0 Å². The highest BCUT2D eigenvalue weighted by atomic mass is 35.5. The predicted octanol–water partition coefficient (Wildman–Crippen LogP) is 3.07. The molecule has 0 fully saturated rings. The fourth-order valence-electron chi connectivity index (χ4n) is 1.44. The molecule has 1 atom stereocenters. The normalized spacial score (nSPS) is 12.7. The van der Waals surface area contributed by atoms with Gasteiger partial charge in [-0.15, -0.1) is 11.6 Å². The van der Waals surface area contributed by atoms with Crippen LogP contribution in [0.5, 0.6) is 0 Å². The van der Waals surface area contributed by atoms with E-state index in [-0.39, 0.29) is 0 Å². The highest BCUT2D eigenvalue weighted by molar-refractivity contribution is 6.30. The molecule has 1 aromatic rings. The second-order valence-corrected chi connectivity index (χ2v) is 4.45. The molecular formula is C12H17Cl2NO. The molecule has 0 aromatic heterocycles. The molecule has 0 aliphatic carbocycles. The maximum Gasteiger partial charge on any atom is 0.0616 e. The van der Waals surface area contributed by atoms with Crippen molar-refractivity contribution in [1.82, 2.24) is 5.32 Å². The minimum absolute atomic E-state index is 0.304. The molecule has 1 aromatic carbocycles. The summed E-state index contributed by atoms with van der Waals surface area (Å²) in [5.74, 6) is 0.641. The van der Waals surface area contributed by atoms with Crippen LogP contribution in [0.1, 0.15) is 12.0 Å². The molecular weight excluding hydrogens is 245 g/mol. The van der Waals surface area contributed by atoms with Gasteiger partial charge in [-0.05, 0) is 24.1 Å². The number of ether oxygens (including phenoxy) is 1. The SMILES string of the molecule is COCC(CCCl)NCc1ccc(Cl)cc1. The Balaban J connectivity index is 2.38. The van der Waals surface area contributed by atoms with Crippen molar-refractivity contribution in [2.24, 2.45) is 0 Å². The third kappa shape index (κ3) is 5.17. The summed E-state index contributed by atoms with van der Waals surface area (Å²) in [6.07, 6.45) is 0.906. The van der Waals surface area contributed by atoms with Gasteiger partial charge >= 0.3 is 0 Å². The summed E-state index contributed by atoms with van der Waals surface area (Å²) in [5.41, 5.74) is 1.21. The fourth-order valence-corrected chi connectivity index (χ4v) is 1.83. The van der Waals surface area contributed by atoms with Crippen LogP contribution in [0.15, 0.2) is 24.3 Å². The molecule has 0 saturated carbocycles. The van der Waals surface area contributed by atoms with Crippen molar-refractivity contribution >= 4 is 23.2 Å². The Bertz CT molecular complexity index is 284. The number of nitrogens with one attached hydrogen (secondary N) is 1. The number of hydrogen-bond donors (Lipinski definition) is 1. The van der Waals surface area contributed by atoms with Crippen LogP contribution in [0.3, 0.4) is 0 Å². The Kier molecular flexibility index (Phi) is 6.81. The van der Waals surface area contributed by atoms with Gasteiger partial charge in [0.1, 0.15) is 0 Å². The van der Waals surface area contributed by atoms with Crippen molar-refractivity contribution in [3.63, 3.8) is 0 Å². The molecule has 2 nitrogen and oxygen atoms in total. The summed E-state index contributed by atoms with van der Waals surface area (Å²) in [7, 11) is 1.70. The quantitative estimate of drug-likeness (QED) is 0.762. The summed E-state index contributed by atoms with van der Waals surface area (Å²) >= 11 is 11.5. The minimum atomic E-state index is 0.304. The Hall–Kier alpha value is -0.280. The molecule has 4 heteroatoms. The van der Waals surface area contributed by atoms with E-state index in [0.717, 1.165) is 18.0 Å². The monoisotopic (exact) mass is 261 g/mol. The van der Waals surface area contributed by atoms with Gasteiger partial charge in [0.25, 0.3) is 0 Å². The molecule has 0 heterocycles. The number of halogens is 2. The summed E-state index contributed by atoms with van der Waals surface area (Å²) < 4.78 is 5.12. The van der Waals surface area contributed by atoms with Crippen molar-refractivity contribution in [2.75, 3.05) is 19.6 Å². The van der Waals surface area contributed by atoms with Crippen LogP contribution in [-0.4, -0.2) is 25.6 Å². The van der Waals surface area contributed by atoms with Gasteiger partial charge in [0, 0.05) is 30.6 Å². The van der Waals surface area contributed by atoms with Gasteiger partial charge in [-0.2, -0.15) is 0 Å². The summed E-state index contributed by atoms with van der Waals surface area (Å²) in [4.78, 5) is 0. The van der Waals surface area contributed by atoms with Gasteiger partial charge in [0.2, 0.25) is 0 Å². The summed E-state index contributed by atoms with van der Waals surface area (Å²) in [6, 6.07) is 8.12.